The monoisotopic (exact) mass is 356 g/mol. The first kappa shape index (κ1) is 17.4. The number of aryl methyl sites for hydroxylation is 1. The highest BCUT2D eigenvalue weighted by atomic mass is 32.1. The largest absolute Gasteiger partial charge is 0.462 e. The standard InChI is InChI=1S/C19H20N2O3S/c1-14-17(20-18(25-14)16-9-6-11-24-16)19(22)21(10-12-23-2)13-15-7-4-3-5-8-15/h3-9,11H,10,12-13H2,1-2H3. The summed E-state index contributed by atoms with van der Waals surface area (Å²) in [5.74, 6) is 0.589. The molecule has 0 fully saturated rings. The predicted molar refractivity (Wildman–Crippen MR) is 97.6 cm³/mol. The first-order chi connectivity index (χ1) is 12.2. The number of methoxy groups -OCH3 is 1. The Kier molecular flexibility index (Phi) is 5.63. The van der Waals surface area contributed by atoms with Gasteiger partial charge in [0.2, 0.25) is 0 Å². The SMILES string of the molecule is COCCN(Cc1ccccc1)C(=O)c1nc(-c2ccco2)sc1C. The molecule has 6 heteroatoms. The fourth-order valence-electron chi connectivity index (χ4n) is 2.51. The first-order valence-electron chi connectivity index (χ1n) is 8.02. The Labute approximate surface area is 150 Å². The molecule has 0 saturated heterocycles. The lowest BCUT2D eigenvalue weighted by Crippen LogP contribution is -2.34. The Bertz CT molecular complexity index is 813. The first-order valence-corrected chi connectivity index (χ1v) is 8.84. The quantitative estimate of drug-likeness (QED) is 0.642. The van der Waals surface area contributed by atoms with Gasteiger partial charge in [0.15, 0.2) is 10.8 Å². The third-order valence-electron chi connectivity index (χ3n) is 3.80. The van der Waals surface area contributed by atoms with E-state index in [1.165, 1.54) is 11.3 Å². The molecule has 25 heavy (non-hydrogen) atoms. The van der Waals surface area contributed by atoms with Gasteiger partial charge in [-0.1, -0.05) is 30.3 Å². The predicted octanol–water partition coefficient (Wildman–Crippen LogP) is 4.00. The number of carbonyl (C=O) groups is 1. The normalized spacial score (nSPS) is 10.8. The number of ether oxygens (including phenoxy) is 1. The van der Waals surface area contributed by atoms with E-state index in [-0.39, 0.29) is 5.91 Å². The molecule has 0 atom stereocenters. The van der Waals surface area contributed by atoms with E-state index in [2.05, 4.69) is 4.98 Å². The van der Waals surface area contributed by atoms with E-state index in [1.54, 1.807) is 18.3 Å². The van der Waals surface area contributed by atoms with Gasteiger partial charge in [-0.15, -0.1) is 11.3 Å². The third-order valence-corrected chi connectivity index (χ3v) is 4.79. The molecule has 0 N–H and O–H groups in total. The van der Waals surface area contributed by atoms with Gasteiger partial charge in [0, 0.05) is 25.1 Å². The average molecular weight is 356 g/mol. The summed E-state index contributed by atoms with van der Waals surface area (Å²) in [5, 5.41) is 0.720. The van der Waals surface area contributed by atoms with Crippen LogP contribution in [0.1, 0.15) is 20.9 Å². The fourth-order valence-corrected chi connectivity index (χ4v) is 3.38. The number of hydrogen-bond donors (Lipinski definition) is 0. The van der Waals surface area contributed by atoms with Crippen molar-refractivity contribution >= 4 is 17.2 Å². The number of aromatic nitrogens is 1. The van der Waals surface area contributed by atoms with Gasteiger partial charge in [-0.25, -0.2) is 4.98 Å². The van der Waals surface area contributed by atoms with Gasteiger partial charge >= 0.3 is 0 Å². The van der Waals surface area contributed by atoms with Crippen LogP contribution < -0.4 is 0 Å². The lowest BCUT2D eigenvalue weighted by molar-refractivity contribution is 0.0675. The van der Waals surface area contributed by atoms with Crippen molar-refractivity contribution in [3.63, 3.8) is 0 Å². The number of furan rings is 1. The molecular weight excluding hydrogens is 336 g/mol. The molecule has 0 aliphatic carbocycles. The maximum Gasteiger partial charge on any atom is 0.274 e. The number of thiazole rings is 1. The van der Waals surface area contributed by atoms with Crippen molar-refractivity contribution in [1.29, 1.82) is 0 Å². The third kappa shape index (κ3) is 4.15. The molecule has 0 unspecified atom stereocenters. The van der Waals surface area contributed by atoms with E-state index in [4.69, 9.17) is 9.15 Å². The van der Waals surface area contributed by atoms with Crippen LogP contribution in [0.3, 0.4) is 0 Å². The lowest BCUT2D eigenvalue weighted by atomic mass is 10.2. The zero-order valence-corrected chi connectivity index (χ0v) is 15.1. The highest BCUT2D eigenvalue weighted by Gasteiger charge is 2.23. The Balaban J connectivity index is 1.84. The van der Waals surface area contributed by atoms with Gasteiger partial charge in [0.05, 0.1) is 12.9 Å². The Hall–Kier alpha value is -2.44. The fraction of sp³-hybridized carbons (Fsp3) is 0.263. The molecule has 0 saturated carbocycles. The van der Waals surface area contributed by atoms with Crippen LogP contribution in [-0.4, -0.2) is 36.1 Å². The molecule has 0 spiro atoms. The zero-order chi connectivity index (χ0) is 17.6. The van der Waals surface area contributed by atoms with E-state index in [0.29, 0.717) is 31.2 Å². The van der Waals surface area contributed by atoms with Crippen LogP contribution in [0.25, 0.3) is 10.8 Å². The summed E-state index contributed by atoms with van der Waals surface area (Å²) < 4.78 is 10.6. The molecule has 1 amide bonds. The summed E-state index contributed by atoms with van der Waals surface area (Å²) in [6.07, 6.45) is 1.61. The number of carbonyl (C=O) groups excluding carboxylic acids is 1. The molecule has 1 aromatic carbocycles. The van der Waals surface area contributed by atoms with E-state index >= 15 is 0 Å². The van der Waals surface area contributed by atoms with Crippen LogP contribution in [0.4, 0.5) is 0 Å². The highest BCUT2D eigenvalue weighted by Crippen LogP contribution is 2.28. The number of benzene rings is 1. The van der Waals surface area contributed by atoms with Crippen LogP contribution in [0.2, 0.25) is 0 Å². The minimum absolute atomic E-state index is 0.0903. The summed E-state index contributed by atoms with van der Waals surface area (Å²) in [4.78, 5) is 20.2. The van der Waals surface area contributed by atoms with Crippen molar-refractivity contribution in [2.24, 2.45) is 0 Å². The van der Waals surface area contributed by atoms with Crippen molar-refractivity contribution in [3.05, 3.63) is 64.9 Å². The minimum Gasteiger partial charge on any atom is -0.462 e. The van der Waals surface area contributed by atoms with Crippen molar-refractivity contribution in [1.82, 2.24) is 9.88 Å². The van der Waals surface area contributed by atoms with Gasteiger partial charge in [0.1, 0.15) is 5.69 Å². The van der Waals surface area contributed by atoms with Crippen LogP contribution in [0.15, 0.2) is 53.1 Å². The Morgan fingerprint density at radius 1 is 1.24 bits per heavy atom. The average Bonchev–Trinajstić information content (AvgIpc) is 3.28. The number of amides is 1. The second-order valence-electron chi connectivity index (χ2n) is 5.61. The van der Waals surface area contributed by atoms with Gasteiger partial charge in [-0.3, -0.25) is 4.79 Å². The topological polar surface area (TPSA) is 55.6 Å². The maximum atomic E-state index is 13.0. The molecule has 0 bridgehead atoms. The Morgan fingerprint density at radius 3 is 2.72 bits per heavy atom. The molecule has 0 radical (unpaired) electrons. The number of rotatable bonds is 7. The van der Waals surface area contributed by atoms with Gasteiger partial charge < -0.3 is 14.1 Å². The summed E-state index contributed by atoms with van der Waals surface area (Å²) in [6, 6.07) is 13.6. The maximum absolute atomic E-state index is 13.0. The molecule has 3 aromatic rings. The molecule has 2 aromatic heterocycles. The minimum atomic E-state index is -0.0903. The number of hydrogen-bond acceptors (Lipinski definition) is 5. The summed E-state index contributed by atoms with van der Waals surface area (Å²) in [6.45, 7) is 3.43. The van der Waals surface area contributed by atoms with E-state index < -0.39 is 0 Å². The second-order valence-corrected chi connectivity index (χ2v) is 6.81. The van der Waals surface area contributed by atoms with E-state index in [0.717, 1.165) is 15.4 Å². The van der Waals surface area contributed by atoms with Gasteiger partial charge in [-0.2, -0.15) is 0 Å². The van der Waals surface area contributed by atoms with Crippen molar-refractivity contribution < 1.29 is 13.9 Å². The molecule has 2 heterocycles. The van der Waals surface area contributed by atoms with E-state index in [9.17, 15) is 4.79 Å². The summed E-state index contributed by atoms with van der Waals surface area (Å²) in [5.41, 5.74) is 1.55. The molecule has 130 valence electrons. The van der Waals surface area contributed by atoms with Crippen LogP contribution in [0.5, 0.6) is 0 Å². The summed E-state index contributed by atoms with van der Waals surface area (Å²) >= 11 is 1.46. The van der Waals surface area contributed by atoms with Gasteiger partial charge in [-0.05, 0) is 24.6 Å². The molecule has 3 rings (SSSR count). The van der Waals surface area contributed by atoms with Crippen LogP contribution in [-0.2, 0) is 11.3 Å². The molecule has 5 nitrogen and oxygen atoms in total. The van der Waals surface area contributed by atoms with E-state index in [1.807, 2.05) is 49.4 Å². The summed E-state index contributed by atoms with van der Waals surface area (Å²) in [7, 11) is 1.63. The molecule has 0 aliphatic rings. The van der Waals surface area contributed by atoms with Crippen LogP contribution >= 0.6 is 11.3 Å². The Morgan fingerprint density at radius 2 is 2.04 bits per heavy atom. The number of nitrogens with zero attached hydrogens (tertiary/aromatic N) is 2. The second kappa shape index (κ2) is 8.09. The van der Waals surface area contributed by atoms with Crippen molar-refractivity contribution in [2.75, 3.05) is 20.3 Å². The molecular formula is C19H20N2O3S. The van der Waals surface area contributed by atoms with Crippen LogP contribution in [0, 0.1) is 6.92 Å². The van der Waals surface area contributed by atoms with Crippen molar-refractivity contribution in [2.45, 2.75) is 13.5 Å². The lowest BCUT2D eigenvalue weighted by Gasteiger charge is -2.22. The zero-order valence-electron chi connectivity index (χ0n) is 14.3. The van der Waals surface area contributed by atoms with Crippen molar-refractivity contribution in [3.8, 4) is 10.8 Å². The molecule has 0 aliphatic heterocycles. The van der Waals surface area contributed by atoms with Gasteiger partial charge in [0.25, 0.3) is 5.91 Å². The highest BCUT2D eigenvalue weighted by molar-refractivity contribution is 7.15. The smallest absolute Gasteiger partial charge is 0.274 e.